The maximum absolute atomic E-state index is 14.6. The first-order valence-electron chi connectivity index (χ1n) is 9.76. The second kappa shape index (κ2) is 8.55. The molecule has 160 valence electrons. The minimum absolute atomic E-state index is 0.170. The Hall–Kier alpha value is -4.13. The van der Waals surface area contributed by atoms with Crippen molar-refractivity contribution < 1.29 is 23.1 Å². The standard InChI is InChI=1S/C25H18F2N2O3/c1-14-11-20-22(12-15(14)2)28-10-9-23(20)32-18-7-8-19(21(27)13-18)24(30)25(31)29-17-5-3-16(26)4-6-17/h3-13H,1-2H3,(H,29,31). The quantitative estimate of drug-likeness (QED) is 0.322. The van der Waals surface area contributed by atoms with Gasteiger partial charge in [0.1, 0.15) is 23.1 Å². The highest BCUT2D eigenvalue weighted by atomic mass is 19.1. The number of nitrogens with one attached hydrogen (secondary N) is 1. The second-order valence-electron chi connectivity index (χ2n) is 7.30. The third kappa shape index (κ3) is 4.32. The van der Waals surface area contributed by atoms with E-state index in [1.54, 1.807) is 12.3 Å². The Balaban J connectivity index is 1.55. The molecule has 0 fully saturated rings. The molecular formula is C25H18F2N2O3. The highest BCUT2D eigenvalue weighted by Crippen LogP contribution is 2.31. The molecule has 1 heterocycles. The van der Waals surface area contributed by atoms with Gasteiger partial charge in [0.05, 0.1) is 11.1 Å². The van der Waals surface area contributed by atoms with Crippen LogP contribution in [0.3, 0.4) is 0 Å². The lowest BCUT2D eigenvalue weighted by atomic mass is 10.1. The maximum Gasteiger partial charge on any atom is 0.296 e. The summed E-state index contributed by atoms with van der Waals surface area (Å²) >= 11 is 0. The molecule has 0 radical (unpaired) electrons. The number of fused-ring (bicyclic) bond motifs is 1. The number of anilines is 1. The lowest BCUT2D eigenvalue weighted by molar-refractivity contribution is -0.112. The van der Waals surface area contributed by atoms with Gasteiger partial charge in [-0.3, -0.25) is 14.6 Å². The lowest BCUT2D eigenvalue weighted by Crippen LogP contribution is -2.23. The Kier molecular flexibility index (Phi) is 5.64. The minimum Gasteiger partial charge on any atom is -0.456 e. The van der Waals surface area contributed by atoms with E-state index >= 15 is 0 Å². The summed E-state index contributed by atoms with van der Waals surface area (Å²) in [6.07, 6.45) is 1.60. The third-order valence-electron chi connectivity index (χ3n) is 5.04. The molecule has 0 spiro atoms. The zero-order valence-electron chi connectivity index (χ0n) is 17.3. The zero-order valence-corrected chi connectivity index (χ0v) is 17.3. The number of amides is 1. The van der Waals surface area contributed by atoms with Gasteiger partial charge in [-0.15, -0.1) is 0 Å². The van der Waals surface area contributed by atoms with Crippen molar-refractivity contribution in [1.82, 2.24) is 4.98 Å². The minimum atomic E-state index is -1.06. The molecule has 3 aromatic carbocycles. The molecule has 7 heteroatoms. The van der Waals surface area contributed by atoms with E-state index in [4.69, 9.17) is 4.74 Å². The van der Waals surface area contributed by atoms with Gasteiger partial charge in [0, 0.05) is 23.3 Å². The van der Waals surface area contributed by atoms with Gasteiger partial charge in [-0.25, -0.2) is 8.78 Å². The Morgan fingerprint density at radius 1 is 0.906 bits per heavy atom. The molecule has 1 N–H and O–H groups in total. The predicted molar refractivity (Wildman–Crippen MR) is 117 cm³/mol. The lowest BCUT2D eigenvalue weighted by Gasteiger charge is -2.11. The van der Waals surface area contributed by atoms with E-state index in [0.29, 0.717) is 5.75 Å². The van der Waals surface area contributed by atoms with Crippen molar-refractivity contribution in [2.45, 2.75) is 13.8 Å². The molecule has 0 aliphatic carbocycles. The predicted octanol–water partition coefficient (Wildman–Crippen LogP) is 5.74. The average molecular weight is 432 g/mol. The van der Waals surface area contributed by atoms with Crippen LogP contribution in [0.4, 0.5) is 14.5 Å². The van der Waals surface area contributed by atoms with E-state index in [0.717, 1.165) is 40.2 Å². The number of nitrogens with zero attached hydrogens (tertiary/aromatic N) is 1. The average Bonchev–Trinajstić information content (AvgIpc) is 2.76. The topological polar surface area (TPSA) is 68.3 Å². The number of carbonyl (C=O) groups is 2. The fraction of sp³-hybridized carbons (Fsp3) is 0.0800. The Bertz CT molecular complexity index is 1350. The number of halogens is 2. The van der Waals surface area contributed by atoms with E-state index in [-0.39, 0.29) is 11.4 Å². The smallest absolute Gasteiger partial charge is 0.296 e. The molecule has 1 aromatic heterocycles. The Labute approximate surface area is 182 Å². The van der Waals surface area contributed by atoms with Crippen molar-refractivity contribution in [2.24, 2.45) is 0 Å². The van der Waals surface area contributed by atoms with Crippen LogP contribution in [0.15, 0.2) is 66.9 Å². The summed E-state index contributed by atoms with van der Waals surface area (Å²) in [5.74, 6) is -2.81. The summed E-state index contributed by atoms with van der Waals surface area (Å²) in [6.45, 7) is 3.96. The largest absolute Gasteiger partial charge is 0.456 e. The molecule has 0 aliphatic rings. The SMILES string of the molecule is Cc1cc2nccc(Oc3ccc(C(=O)C(=O)Nc4ccc(F)cc4)c(F)c3)c2cc1C. The van der Waals surface area contributed by atoms with Crippen molar-refractivity contribution in [3.8, 4) is 11.5 Å². The van der Waals surface area contributed by atoms with E-state index in [9.17, 15) is 18.4 Å². The summed E-state index contributed by atoms with van der Waals surface area (Å²) < 4.78 is 33.5. The number of hydrogen-bond acceptors (Lipinski definition) is 4. The van der Waals surface area contributed by atoms with Crippen LogP contribution < -0.4 is 10.1 Å². The molecule has 1 amide bonds. The second-order valence-corrected chi connectivity index (χ2v) is 7.30. The molecule has 0 bridgehead atoms. The number of Topliss-reactive ketones (excluding diaryl/α,β-unsaturated/α-hetero) is 1. The summed E-state index contributed by atoms with van der Waals surface area (Å²) in [4.78, 5) is 28.9. The van der Waals surface area contributed by atoms with Gasteiger partial charge < -0.3 is 10.1 Å². The highest BCUT2D eigenvalue weighted by Gasteiger charge is 2.21. The van der Waals surface area contributed by atoms with Crippen molar-refractivity contribution >= 4 is 28.3 Å². The highest BCUT2D eigenvalue weighted by molar-refractivity contribution is 6.46. The maximum atomic E-state index is 14.6. The van der Waals surface area contributed by atoms with E-state index in [1.807, 2.05) is 26.0 Å². The van der Waals surface area contributed by atoms with Crippen LogP contribution >= 0.6 is 0 Å². The van der Waals surface area contributed by atoms with Crippen LogP contribution in [0, 0.1) is 25.5 Å². The van der Waals surface area contributed by atoms with Crippen LogP contribution in [0.5, 0.6) is 11.5 Å². The van der Waals surface area contributed by atoms with Crippen LogP contribution in [0.25, 0.3) is 10.9 Å². The zero-order chi connectivity index (χ0) is 22.8. The van der Waals surface area contributed by atoms with Crippen LogP contribution in [0.1, 0.15) is 21.5 Å². The summed E-state index contributed by atoms with van der Waals surface area (Å²) in [7, 11) is 0. The van der Waals surface area contributed by atoms with E-state index in [2.05, 4.69) is 10.3 Å². The van der Waals surface area contributed by atoms with Crippen LogP contribution in [-0.2, 0) is 4.79 Å². The van der Waals surface area contributed by atoms with Gasteiger partial charge >= 0.3 is 0 Å². The molecule has 0 atom stereocenters. The molecular weight excluding hydrogens is 414 g/mol. The normalized spacial score (nSPS) is 10.8. The first kappa shape index (κ1) is 21.1. The number of aromatic nitrogens is 1. The van der Waals surface area contributed by atoms with Gasteiger partial charge in [0.15, 0.2) is 0 Å². The van der Waals surface area contributed by atoms with Gasteiger partial charge in [-0.2, -0.15) is 0 Å². The molecule has 0 saturated heterocycles. The molecule has 0 aliphatic heterocycles. The summed E-state index contributed by atoms with van der Waals surface area (Å²) in [6, 6.07) is 14.1. The molecule has 4 aromatic rings. The molecule has 5 nitrogen and oxygen atoms in total. The molecule has 32 heavy (non-hydrogen) atoms. The van der Waals surface area contributed by atoms with E-state index in [1.165, 1.54) is 24.3 Å². The van der Waals surface area contributed by atoms with Gasteiger partial charge in [0.2, 0.25) is 0 Å². The molecule has 4 rings (SSSR count). The van der Waals surface area contributed by atoms with Crippen LogP contribution in [0.2, 0.25) is 0 Å². The molecule has 0 saturated carbocycles. The van der Waals surface area contributed by atoms with Crippen molar-refractivity contribution in [2.75, 3.05) is 5.32 Å². The summed E-state index contributed by atoms with van der Waals surface area (Å²) in [5, 5.41) is 3.09. The summed E-state index contributed by atoms with van der Waals surface area (Å²) in [5.41, 5.74) is 2.73. The monoisotopic (exact) mass is 432 g/mol. The van der Waals surface area contributed by atoms with Gasteiger partial charge in [-0.05, 0) is 79.6 Å². The number of carbonyl (C=O) groups excluding carboxylic acids is 2. The molecule has 0 unspecified atom stereocenters. The first-order chi connectivity index (χ1) is 15.3. The third-order valence-corrected chi connectivity index (χ3v) is 5.04. The number of rotatable bonds is 5. The Morgan fingerprint density at radius 3 is 2.34 bits per heavy atom. The Morgan fingerprint density at radius 2 is 1.62 bits per heavy atom. The van der Waals surface area contributed by atoms with Crippen molar-refractivity contribution in [3.05, 3.63) is 95.2 Å². The first-order valence-corrected chi connectivity index (χ1v) is 9.76. The van der Waals surface area contributed by atoms with Crippen molar-refractivity contribution in [3.63, 3.8) is 0 Å². The number of aryl methyl sites for hydroxylation is 2. The number of benzene rings is 3. The number of hydrogen-bond donors (Lipinski definition) is 1. The van der Waals surface area contributed by atoms with Crippen molar-refractivity contribution in [1.29, 1.82) is 0 Å². The van der Waals surface area contributed by atoms with Gasteiger partial charge in [0.25, 0.3) is 11.7 Å². The number of ketones is 1. The van der Waals surface area contributed by atoms with Gasteiger partial charge in [-0.1, -0.05) is 0 Å². The van der Waals surface area contributed by atoms with E-state index < -0.39 is 28.9 Å². The fourth-order valence-corrected chi connectivity index (χ4v) is 3.18. The number of pyridine rings is 1. The number of ether oxygens (including phenoxy) is 1. The van der Waals surface area contributed by atoms with Crippen LogP contribution in [-0.4, -0.2) is 16.7 Å². The fourth-order valence-electron chi connectivity index (χ4n) is 3.18.